The number of amides is 1. The quantitative estimate of drug-likeness (QED) is 0.559. The van der Waals surface area contributed by atoms with E-state index in [0.717, 1.165) is 19.3 Å². The van der Waals surface area contributed by atoms with E-state index in [0.29, 0.717) is 44.2 Å². The number of rotatable bonds is 8. The van der Waals surface area contributed by atoms with Gasteiger partial charge in [-0.2, -0.15) is 0 Å². The summed E-state index contributed by atoms with van der Waals surface area (Å²) in [5.41, 5.74) is 0. The fraction of sp³-hybridized carbons (Fsp3) is 0.929. The molecule has 0 saturated carbocycles. The van der Waals surface area contributed by atoms with Gasteiger partial charge in [-0.05, 0) is 38.0 Å². The predicted octanol–water partition coefficient (Wildman–Crippen LogP) is 0.422. The molecule has 2 unspecified atom stereocenters. The van der Waals surface area contributed by atoms with Gasteiger partial charge in [0.2, 0.25) is 5.91 Å². The summed E-state index contributed by atoms with van der Waals surface area (Å²) in [6.45, 7) is 1.70. The van der Waals surface area contributed by atoms with Crippen molar-refractivity contribution >= 4 is 5.91 Å². The summed E-state index contributed by atoms with van der Waals surface area (Å²) in [6, 6.07) is 1.31. The zero-order valence-corrected chi connectivity index (χ0v) is 11.6. The van der Waals surface area contributed by atoms with Gasteiger partial charge in [-0.15, -0.1) is 0 Å². The second kappa shape index (κ2) is 7.82. The van der Waals surface area contributed by atoms with Gasteiger partial charge in [-0.1, -0.05) is 0 Å². The molecule has 2 bridgehead atoms. The highest BCUT2D eigenvalue weighted by Crippen LogP contribution is 2.32. The minimum absolute atomic E-state index is 0.0599. The van der Waals surface area contributed by atoms with Crippen LogP contribution in [0.3, 0.4) is 0 Å². The third kappa shape index (κ3) is 5.09. The molecule has 0 aliphatic carbocycles. The number of carbonyl (C=O) groups excluding carboxylic acids is 1. The molecule has 2 heterocycles. The SMILES string of the molecule is O=C(CC1CC2CCC(C1)N2)NCCCOCCO. The largest absolute Gasteiger partial charge is 0.394 e. The maximum Gasteiger partial charge on any atom is 0.220 e. The topological polar surface area (TPSA) is 70.6 Å². The van der Waals surface area contributed by atoms with Gasteiger partial charge < -0.3 is 20.5 Å². The van der Waals surface area contributed by atoms with Gasteiger partial charge in [0, 0.05) is 31.7 Å². The Morgan fingerprint density at radius 3 is 2.68 bits per heavy atom. The lowest BCUT2D eigenvalue weighted by Crippen LogP contribution is -2.39. The van der Waals surface area contributed by atoms with Crippen LogP contribution in [0, 0.1) is 5.92 Å². The maximum atomic E-state index is 11.8. The lowest BCUT2D eigenvalue weighted by atomic mass is 9.89. The maximum absolute atomic E-state index is 11.8. The third-order valence-electron chi connectivity index (χ3n) is 4.07. The van der Waals surface area contributed by atoms with Crippen molar-refractivity contribution in [3.8, 4) is 0 Å². The van der Waals surface area contributed by atoms with E-state index in [2.05, 4.69) is 10.6 Å². The minimum Gasteiger partial charge on any atom is -0.394 e. The van der Waals surface area contributed by atoms with Crippen molar-refractivity contribution in [2.24, 2.45) is 5.92 Å². The van der Waals surface area contributed by atoms with Gasteiger partial charge in [0.1, 0.15) is 0 Å². The molecule has 0 spiro atoms. The van der Waals surface area contributed by atoms with E-state index in [1.54, 1.807) is 0 Å². The molecule has 2 saturated heterocycles. The van der Waals surface area contributed by atoms with Gasteiger partial charge in [-0.25, -0.2) is 0 Å². The number of nitrogens with one attached hydrogen (secondary N) is 2. The second-order valence-electron chi connectivity index (χ2n) is 5.72. The fourth-order valence-corrected chi connectivity index (χ4v) is 3.24. The van der Waals surface area contributed by atoms with E-state index >= 15 is 0 Å². The van der Waals surface area contributed by atoms with Crippen LogP contribution in [0.2, 0.25) is 0 Å². The molecular weight excluding hydrogens is 244 g/mol. The first-order chi connectivity index (χ1) is 9.28. The molecule has 1 amide bonds. The number of fused-ring (bicyclic) bond motifs is 2. The molecule has 2 fully saturated rings. The van der Waals surface area contributed by atoms with E-state index in [-0.39, 0.29) is 12.5 Å². The lowest BCUT2D eigenvalue weighted by molar-refractivity contribution is -0.122. The first-order valence-corrected chi connectivity index (χ1v) is 7.49. The first-order valence-electron chi connectivity index (χ1n) is 7.49. The number of aliphatic hydroxyl groups excluding tert-OH is 1. The molecule has 0 aromatic heterocycles. The number of aliphatic hydroxyl groups is 1. The number of hydrogen-bond donors (Lipinski definition) is 3. The van der Waals surface area contributed by atoms with Gasteiger partial charge in [0.15, 0.2) is 0 Å². The fourth-order valence-electron chi connectivity index (χ4n) is 3.24. The van der Waals surface area contributed by atoms with Crippen molar-refractivity contribution in [1.82, 2.24) is 10.6 Å². The summed E-state index contributed by atoms with van der Waals surface area (Å²) in [7, 11) is 0. The summed E-state index contributed by atoms with van der Waals surface area (Å²) < 4.78 is 5.14. The number of piperidine rings is 1. The summed E-state index contributed by atoms with van der Waals surface area (Å²) in [6.07, 6.45) is 6.36. The molecule has 0 aromatic rings. The summed E-state index contributed by atoms with van der Waals surface area (Å²) in [4.78, 5) is 11.8. The van der Waals surface area contributed by atoms with E-state index < -0.39 is 0 Å². The van der Waals surface area contributed by atoms with Crippen LogP contribution < -0.4 is 10.6 Å². The van der Waals surface area contributed by atoms with E-state index in [1.807, 2.05) is 0 Å². The highest BCUT2D eigenvalue weighted by molar-refractivity contribution is 5.76. The van der Waals surface area contributed by atoms with Crippen LogP contribution in [0.1, 0.15) is 38.5 Å². The van der Waals surface area contributed by atoms with Gasteiger partial charge in [-0.3, -0.25) is 4.79 Å². The smallest absolute Gasteiger partial charge is 0.220 e. The van der Waals surface area contributed by atoms with Crippen molar-refractivity contribution < 1.29 is 14.6 Å². The standard InChI is InChI=1S/C14H26N2O3/c17-5-7-19-6-1-4-15-14(18)10-11-8-12-2-3-13(9-11)16-12/h11-13,16-17H,1-10H2,(H,15,18). The summed E-state index contributed by atoms with van der Waals surface area (Å²) in [5.74, 6) is 0.734. The van der Waals surface area contributed by atoms with Gasteiger partial charge in [0.05, 0.1) is 13.2 Å². The highest BCUT2D eigenvalue weighted by Gasteiger charge is 2.33. The van der Waals surface area contributed by atoms with E-state index in [9.17, 15) is 4.79 Å². The average Bonchev–Trinajstić information content (AvgIpc) is 2.73. The molecule has 110 valence electrons. The van der Waals surface area contributed by atoms with Crippen molar-refractivity contribution in [2.45, 2.75) is 50.6 Å². The van der Waals surface area contributed by atoms with E-state index in [1.165, 1.54) is 12.8 Å². The summed E-state index contributed by atoms with van der Waals surface area (Å²) in [5, 5.41) is 15.1. The minimum atomic E-state index is 0.0599. The summed E-state index contributed by atoms with van der Waals surface area (Å²) >= 11 is 0. The van der Waals surface area contributed by atoms with Gasteiger partial charge in [0.25, 0.3) is 0 Å². The first kappa shape index (κ1) is 14.8. The Hall–Kier alpha value is -0.650. The Kier molecular flexibility index (Phi) is 6.07. The Balaban J connectivity index is 1.52. The molecule has 2 rings (SSSR count). The van der Waals surface area contributed by atoms with Crippen molar-refractivity contribution in [3.63, 3.8) is 0 Å². The Morgan fingerprint density at radius 1 is 1.26 bits per heavy atom. The molecule has 19 heavy (non-hydrogen) atoms. The Bertz CT molecular complexity index is 274. The predicted molar refractivity (Wildman–Crippen MR) is 72.8 cm³/mol. The highest BCUT2D eigenvalue weighted by atomic mass is 16.5. The molecule has 5 nitrogen and oxygen atoms in total. The number of hydrogen-bond acceptors (Lipinski definition) is 4. The third-order valence-corrected chi connectivity index (χ3v) is 4.07. The van der Waals surface area contributed by atoms with Gasteiger partial charge >= 0.3 is 0 Å². The lowest BCUT2D eigenvalue weighted by Gasteiger charge is -2.28. The number of carbonyl (C=O) groups is 1. The van der Waals surface area contributed by atoms with Crippen LogP contribution in [0.5, 0.6) is 0 Å². The monoisotopic (exact) mass is 270 g/mol. The zero-order chi connectivity index (χ0) is 13.5. The molecule has 2 aliphatic rings. The average molecular weight is 270 g/mol. The van der Waals surface area contributed by atoms with E-state index in [4.69, 9.17) is 9.84 Å². The van der Waals surface area contributed by atoms with Crippen LogP contribution in [0.25, 0.3) is 0 Å². The molecule has 3 N–H and O–H groups in total. The Morgan fingerprint density at radius 2 is 2.00 bits per heavy atom. The van der Waals surface area contributed by atoms with Crippen LogP contribution in [0.4, 0.5) is 0 Å². The molecular formula is C14H26N2O3. The van der Waals surface area contributed by atoms with Crippen LogP contribution in [-0.4, -0.2) is 49.5 Å². The zero-order valence-electron chi connectivity index (χ0n) is 11.6. The van der Waals surface area contributed by atoms with Crippen molar-refractivity contribution in [1.29, 1.82) is 0 Å². The second-order valence-corrected chi connectivity index (χ2v) is 5.72. The molecule has 5 heteroatoms. The number of ether oxygens (including phenoxy) is 1. The van der Waals surface area contributed by atoms with Crippen LogP contribution in [-0.2, 0) is 9.53 Å². The van der Waals surface area contributed by atoms with Crippen LogP contribution >= 0.6 is 0 Å². The Labute approximate surface area is 115 Å². The molecule has 0 radical (unpaired) electrons. The normalized spacial score (nSPS) is 29.4. The van der Waals surface area contributed by atoms with Crippen molar-refractivity contribution in [3.05, 3.63) is 0 Å². The molecule has 0 aromatic carbocycles. The van der Waals surface area contributed by atoms with Crippen molar-refractivity contribution in [2.75, 3.05) is 26.4 Å². The molecule has 2 atom stereocenters. The van der Waals surface area contributed by atoms with Crippen LogP contribution in [0.15, 0.2) is 0 Å². The molecule has 2 aliphatic heterocycles.